The molecule has 1 N–H and O–H groups in total. The molecule has 0 bridgehead atoms. The fourth-order valence-electron chi connectivity index (χ4n) is 1.51. The SMILES string of the molecule is O=C(C#CBr)NCCC1CCOCC1. The van der Waals surface area contributed by atoms with Crippen molar-refractivity contribution in [2.75, 3.05) is 19.8 Å². The summed E-state index contributed by atoms with van der Waals surface area (Å²) in [6.45, 7) is 2.44. The summed E-state index contributed by atoms with van der Waals surface area (Å²) < 4.78 is 5.25. The standard InChI is InChI=1S/C10H14BrNO2/c11-5-1-10(13)12-6-2-9-3-7-14-8-4-9/h9H,2-4,6-8H2,(H,12,13). The highest BCUT2D eigenvalue weighted by Gasteiger charge is 2.13. The highest BCUT2D eigenvalue weighted by atomic mass is 79.9. The zero-order valence-corrected chi connectivity index (χ0v) is 9.60. The van der Waals surface area contributed by atoms with Crippen LogP contribution in [0.1, 0.15) is 19.3 Å². The van der Waals surface area contributed by atoms with Crippen LogP contribution >= 0.6 is 15.9 Å². The molecular formula is C10H14BrNO2. The summed E-state index contributed by atoms with van der Waals surface area (Å²) in [6, 6.07) is 0. The van der Waals surface area contributed by atoms with E-state index in [2.05, 4.69) is 32.0 Å². The minimum absolute atomic E-state index is 0.214. The summed E-state index contributed by atoms with van der Waals surface area (Å²) in [5, 5.41) is 2.75. The number of nitrogens with one attached hydrogen (secondary N) is 1. The van der Waals surface area contributed by atoms with E-state index in [1.54, 1.807) is 0 Å². The number of hydrogen-bond acceptors (Lipinski definition) is 2. The number of amides is 1. The topological polar surface area (TPSA) is 38.3 Å². The van der Waals surface area contributed by atoms with Crippen LogP contribution < -0.4 is 5.32 Å². The van der Waals surface area contributed by atoms with E-state index in [1.807, 2.05) is 0 Å². The number of carbonyl (C=O) groups excluding carboxylic acids is 1. The van der Waals surface area contributed by atoms with Crippen molar-refractivity contribution in [3.63, 3.8) is 0 Å². The second-order valence-corrected chi connectivity index (χ2v) is 3.72. The molecule has 0 spiro atoms. The van der Waals surface area contributed by atoms with Gasteiger partial charge in [-0.1, -0.05) is 0 Å². The van der Waals surface area contributed by atoms with Gasteiger partial charge >= 0.3 is 0 Å². The average molecular weight is 260 g/mol. The molecule has 1 saturated heterocycles. The summed E-state index contributed by atoms with van der Waals surface area (Å²) in [5.41, 5.74) is 0. The van der Waals surface area contributed by atoms with Crippen LogP contribution in [0.25, 0.3) is 0 Å². The molecule has 4 heteroatoms. The summed E-state index contributed by atoms with van der Waals surface area (Å²) >= 11 is 2.88. The van der Waals surface area contributed by atoms with Crippen molar-refractivity contribution in [2.24, 2.45) is 5.92 Å². The molecule has 0 atom stereocenters. The maximum Gasteiger partial charge on any atom is 0.296 e. The van der Waals surface area contributed by atoms with Crippen molar-refractivity contribution in [2.45, 2.75) is 19.3 Å². The molecular weight excluding hydrogens is 246 g/mol. The number of carbonyl (C=O) groups is 1. The molecule has 0 aliphatic carbocycles. The zero-order valence-electron chi connectivity index (χ0n) is 8.01. The molecule has 14 heavy (non-hydrogen) atoms. The van der Waals surface area contributed by atoms with Crippen LogP contribution in [-0.4, -0.2) is 25.7 Å². The largest absolute Gasteiger partial charge is 0.381 e. The van der Waals surface area contributed by atoms with E-state index in [4.69, 9.17) is 4.74 Å². The van der Waals surface area contributed by atoms with Gasteiger partial charge in [0.25, 0.3) is 5.91 Å². The van der Waals surface area contributed by atoms with Gasteiger partial charge in [0.1, 0.15) is 0 Å². The lowest BCUT2D eigenvalue weighted by Gasteiger charge is -2.21. The first-order chi connectivity index (χ1) is 6.83. The van der Waals surface area contributed by atoms with E-state index < -0.39 is 0 Å². The Morgan fingerprint density at radius 2 is 2.21 bits per heavy atom. The summed E-state index contributed by atoms with van der Waals surface area (Å²) in [6.07, 6.45) is 3.25. The quantitative estimate of drug-likeness (QED) is 0.776. The molecule has 1 rings (SSSR count). The Labute approximate surface area is 92.7 Å². The van der Waals surface area contributed by atoms with Gasteiger partial charge < -0.3 is 10.1 Å². The molecule has 0 radical (unpaired) electrons. The van der Waals surface area contributed by atoms with Crippen molar-refractivity contribution in [3.05, 3.63) is 0 Å². The maximum absolute atomic E-state index is 10.9. The minimum Gasteiger partial charge on any atom is -0.381 e. The molecule has 1 fully saturated rings. The Balaban J connectivity index is 2.07. The van der Waals surface area contributed by atoms with Crippen molar-refractivity contribution in [1.29, 1.82) is 0 Å². The third-order valence-corrected chi connectivity index (χ3v) is 2.54. The molecule has 0 aromatic rings. The van der Waals surface area contributed by atoms with Gasteiger partial charge in [0, 0.05) is 41.6 Å². The van der Waals surface area contributed by atoms with Gasteiger partial charge in [-0.15, -0.1) is 0 Å². The summed E-state index contributed by atoms with van der Waals surface area (Å²) in [5.74, 6) is 2.86. The molecule has 1 aliphatic heterocycles. The molecule has 0 aromatic heterocycles. The first-order valence-corrected chi connectivity index (χ1v) is 5.59. The Kier molecular flexibility index (Phi) is 5.65. The first-order valence-electron chi connectivity index (χ1n) is 4.80. The van der Waals surface area contributed by atoms with Crippen LogP contribution in [0.4, 0.5) is 0 Å². The lowest BCUT2D eigenvalue weighted by molar-refractivity contribution is -0.115. The van der Waals surface area contributed by atoms with Gasteiger partial charge in [-0.3, -0.25) is 4.79 Å². The van der Waals surface area contributed by atoms with E-state index in [9.17, 15) is 4.79 Å². The van der Waals surface area contributed by atoms with Gasteiger partial charge in [-0.2, -0.15) is 0 Å². The summed E-state index contributed by atoms with van der Waals surface area (Å²) in [7, 11) is 0. The Bertz CT molecular complexity index is 238. The highest BCUT2D eigenvalue weighted by Crippen LogP contribution is 2.17. The first kappa shape index (κ1) is 11.5. The molecule has 1 heterocycles. The van der Waals surface area contributed by atoms with Crippen LogP contribution in [0.2, 0.25) is 0 Å². The number of halogens is 1. The lowest BCUT2D eigenvalue weighted by Crippen LogP contribution is -2.26. The molecule has 3 nitrogen and oxygen atoms in total. The third kappa shape index (κ3) is 4.64. The Hall–Kier alpha value is -0.530. The maximum atomic E-state index is 10.9. The van der Waals surface area contributed by atoms with Crippen LogP contribution in [0.5, 0.6) is 0 Å². The van der Waals surface area contributed by atoms with Gasteiger partial charge in [-0.25, -0.2) is 0 Å². The predicted molar refractivity (Wildman–Crippen MR) is 57.9 cm³/mol. The second kappa shape index (κ2) is 6.86. The fraction of sp³-hybridized carbons (Fsp3) is 0.700. The van der Waals surface area contributed by atoms with Gasteiger partial charge in [0.15, 0.2) is 0 Å². The Morgan fingerprint density at radius 1 is 1.50 bits per heavy atom. The van der Waals surface area contributed by atoms with Gasteiger partial charge in [-0.05, 0) is 30.0 Å². The molecule has 0 aromatic carbocycles. The van der Waals surface area contributed by atoms with Crippen molar-refractivity contribution in [3.8, 4) is 10.8 Å². The fourth-order valence-corrected chi connectivity index (χ4v) is 1.69. The predicted octanol–water partition coefficient (Wildman–Crippen LogP) is 1.28. The lowest BCUT2D eigenvalue weighted by atomic mass is 9.97. The van der Waals surface area contributed by atoms with Crippen molar-refractivity contribution in [1.82, 2.24) is 5.32 Å². The number of hydrogen-bond donors (Lipinski definition) is 1. The van der Waals surface area contributed by atoms with Crippen molar-refractivity contribution < 1.29 is 9.53 Å². The number of rotatable bonds is 3. The highest BCUT2D eigenvalue weighted by molar-refractivity contribution is 9.12. The second-order valence-electron chi connectivity index (χ2n) is 3.32. The third-order valence-electron chi connectivity index (χ3n) is 2.34. The molecule has 78 valence electrons. The minimum atomic E-state index is -0.214. The van der Waals surface area contributed by atoms with Crippen LogP contribution in [-0.2, 0) is 9.53 Å². The van der Waals surface area contributed by atoms with E-state index in [0.29, 0.717) is 12.5 Å². The molecule has 0 unspecified atom stereocenters. The summed E-state index contributed by atoms with van der Waals surface area (Å²) in [4.78, 5) is 13.3. The van der Waals surface area contributed by atoms with E-state index in [0.717, 1.165) is 32.5 Å². The Morgan fingerprint density at radius 3 is 2.86 bits per heavy atom. The van der Waals surface area contributed by atoms with Gasteiger partial charge in [0.2, 0.25) is 0 Å². The van der Waals surface area contributed by atoms with Crippen LogP contribution in [0.3, 0.4) is 0 Å². The molecule has 0 saturated carbocycles. The smallest absolute Gasteiger partial charge is 0.296 e. The van der Waals surface area contributed by atoms with Crippen LogP contribution in [0.15, 0.2) is 0 Å². The van der Waals surface area contributed by atoms with E-state index in [-0.39, 0.29) is 5.91 Å². The van der Waals surface area contributed by atoms with Gasteiger partial charge in [0.05, 0.1) is 0 Å². The molecule has 1 aliphatic rings. The number of ether oxygens (including phenoxy) is 1. The molecule has 1 amide bonds. The van der Waals surface area contributed by atoms with Crippen LogP contribution in [0, 0.1) is 16.7 Å². The van der Waals surface area contributed by atoms with E-state index in [1.165, 1.54) is 0 Å². The zero-order chi connectivity index (χ0) is 10.2. The monoisotopic (exact) mass is 259 g/mol. The normalized spacial score (nSPS) is 16.9. The average Bonchev–Trinajstić information content (AvgIpc) is 2.20. The van der Waals surface area contributed by atoms with E-state index >= 15 is 0 Å². The van der Waals surface area contributed by atoms with Crippen molar-refractivity contribution >= 4 is 21.8 Å².